The van der Waals surface area contributed by atoms with Crippen LogP contribution in [0.15, 0.2) is 66.8 Å². The highest BCUT2D eigenvalue weighted by Gasteiger charge is 2.33. The van der Waals surface area contributed by atoms with E-state index in [2.05, 4.69) is 27.6 Å². The molecule has 0 radical (unpaired) electrons. The fourth-order valence-electron chi connectivity index (χ4n) is 3.50. The van der Waals surface area contributed by atoms with Crippen LogP contribution in [0.1, 0.15) is 38.1 Å². The van der Waals surface area contributed by atoms with Gasteiger partial charge in [-0.1, -0.05) is 23.5 Å². The zero-order valence-corrected chi connectivity index (χ0v) is 21.7. The number of rotatable bonds is 5. The van der Waals surface area contributed by atoms with Crippen LogP contribution in [-0.4, -0.2) is 22.9 Å². The fraction of sp³-hybridized carbons (Fsp3) is 0.261. The van der Waals surface area contributed by atoms with E-state index >= 15 is 0 Å². The van der Waals surface area contributed by atoms with Gasteiger partial charge in [0.05, 0.1) is 27.9 Å². The van der Waals surface area contributed by atoms with E-state index in [0.29, 0.717) is 26.4 Å². The molecule has 3 aromatic rings. The van der Waals surface area contributed by atoms with Crippen molar-refractivity contribution >= 4 is 57.7 Å². The minimum atomic E-state index is -0.618. The maximum Gasteiger partial charge on any atom is 0.338 e. The number of nitrogens with zero attached hydrogens (tertiary/aromatic N) is 2. The van der Waals surface area contributed by atoms with Crippen molar-refractivity contribution in [3.05, 3.63) is 82.4 Å². The molecule has 6 nitrogen and oxygen atoms in total. The maximum absolute atomic E-state index is 13.5. The molecule has 4 rings (SSSR count). The van der Waals surface area contributed by atoms with Crippen LogP contribution in [0.2, 0.25) is 0 Å². The van der Waals surface area contributed by atoms with E-state index < -0.39 is 12.0 Å². The van der Waals surface area contributed by atoms with Gasteiger partial charge in [-0.25, -0.2) is 9.79 Å². The second kappa shape index (κ2) is 9.40. The van der Waals surface area contributed by atoms with Crippen molar-refractivity contribution in [1.82, 2.24) is 4.57 Å². The number of allylic oxidation sites excluding steroid dienone is 1. The monoisotopic (exact) mass is 580 g/mol. The highest BCUT2D eigenvalue weighted by molar-refractivity contribution is 14.1. The molecule has 0 N–H and O–H groups in total. The standard InChI is InChI=1S/C23H21IN2O4S2/c1-12(2)29-22(28)19-13(3)25-23-26(20(19)14-5-8-16(31-4)9-6-14)21(27)17(32-23)11-15-7-10-18(24)30-15/h5-12,20H,1-4H3/b17-11-/t20-/m1/s1. The van der Waals surface area contributed by atoms with Crippen molar-refractivity contribution in [2.45, 2.75) is 37.8 Å². The maximum atomic E-state index is 13.5. The lowest BCUT2D eigenvalue weighted by Gasteiger charge is -2.25. The highest BCUT2D eigenvalue weighted by Crippen LogP contribution is 2.32. The number of fused-ring (bicyclic) bond motifs is 1. The van der Waals surface area contributed by atoms with Crippen LogP contribution in [0.4, 0.5) is 0 Å². The predicted octanol–water partition coefficient (Wildman–Crippen LogP) is 4.11. The number of thiazole rings is 1. The highest BCUT2D eigenvalue weighted by atomic mass is 127. The number of aromatic nitrogens is 1. The summed E-state index contributed by atoms with van der Waals surface area (Å²) in [5.74, 6) is 0.130. The summed E-state index contributed by atoms with van der Waals surface area (Å²) in [6, 6.07) is 10.9. The third-order valence-corrected chi connectivity index (χ3v) is 7.19. The summed E-state index contributed by atoms with van der Waals surface area (Å²) >= 11 is 4.99. The van der Waals surface area contributed by atoms with Crippen LogP contribution in [0.25, 0.3) is 6.08 Å². The first-order chi connectivity index (χ1) is 15.3. The fourth-order valence-corrected chi connectivity index (χ4v) is 5.37. The van der Waals surface area contributed by atoms with Crippen LogP contribution in [-0.2, 0) is 9.53 Å². The van der Waals surface area contributed by atoms with Gasteiger partial charge in [-0.15, -0.1) is 11.8 Å². The largest absolute Gasteiger partial charge is 0.459 e. The SMILES string of the molecule is CSc1ccc([C@@H]2C(C(=O)OC(C)C)=C(C)N=c3s/c(=C\c4ccc(I)o4)c(=O)n32)cc1. The molecule has 0 bridgehead atoms. The molecule has 0 fully saturated rings. The predicted molar refractivity (Wildman–Crippen MR) is 135 cm³/mol. The molecular weight excluding hydrogens is 559 g/mol. The number of halogens is 1. The molecule has 2 aromatic heterocycles. The van der Waals surface area contributed by atoms with Gasteiger partial charge in [-0.2, -0.15) is 0 Å². The summed E-state index contributed by atoms with van der Waals surface area (Å²) < 4.78 is 13.9. The second-order valence-electron chi connectivity index (χ2n) is 7.45. The van der Waals surface area contributed by atoms with Crippen LogP contribution < -0.4 is 14.9 Å². The van der Waals surface area contributed by atoms with E-state index in [-0.39, 0.29) is 11.7 Å². The molecular formula is C23H21IN2O4S2. The summed E-state index contributed by atoms with van der Waals surface area (Å²) in [6.45, 7) is 5.39. The molecule has 3 heterocycles. The minimum Gasteiger partial charge on any atom is -0.459 e. The molecule has 0 unspecified atom stereocenters. The van der Waals surface area contributed by atoms with Crippen molar-refractivity contribution in [2.24, 2.45) is 4.99 Å². The Hall–Kier alpha value is -2.11. The Morgan fingerprint density at radius 3 is 2.59 bits per heavy atom. The number of carbonyl (C=O) groups excluding carboxylic acids is 1. The molecule has 9 heteroatoms. The zero-order valence-electron chi connectivity index (χ0n) is 17.9. The third-order valence-electron chi connectivity index (χ3n) is 4.88. The Labute approximate surface area is 206 Å². The number of esters is 1. The molecule has 0 saturated heterocycles. The average Bonchev–Trinajstić information content (AvgIpc) is 3.29. The molecule has 1 atom stereocenters. The van der Waals surface area contributed by atoms with Crippen molar-refractivity contribution in [2.75, 3.05) is 6.26 Å². The van der Waals surface area contributed by atoms with E-state index in [0.717, 1.165) is 14.2 Å². The summed E-state index contributed by atoms with van der Waals surface area (Å²) in [5, 5.41) is 0. The van der Waals surface area contributed by atoms with Gasteiger partial charge in [-0.05, 0) is 79.4 Å². The lowest BCUT2D eigenvalue weighted by Crippen LogP contribution is -2.40. The summed E-state index contributed by atoms with van der Waals surface area (Å²) in [5.41, 5.74) is 1.53. The molecule has 166 valence electrons. The number of hydrogen-bond donors (Lipinski definition) is 0. The van der Waals surface area contributed by atoms with Crippen LogP contribution in [0.3, 0.4) is 0 Å². The first kappa shape index (κ1) is 23.1. The quantitative estimate of drug-likeness (QED) is 0.258. The second-order valence-corrected chi connectivity index (χ2v) is 10.4. The third kappa shape index (κ3) is 4.51. The van der Waals surface area contributed by atoms with E-state index in [1.807, 2.05) is 42.7 Å². The number of carbonyl (C=O) groups is 1. The molecule has 0 amide bonds. The zero-order chi connectivity index (χ0) is 23.0. The first-order valence-electron chi connectivity index (χ1n) is 9.91. The van der Waals surface area contributed by atoms with Gasteiger partial charge in [-0.3, -0.25) is 9.36 Å². The van der Waals surface area contributed by atoms with Crippen molar-refractivity contribution in [1.29, 1.82) is 0 Å². The topological polar surface area (TPSA) is 73.8 Å². The van der Waals surface area contributed by atoms with Crippen LogP contribution in [0.5, 0.6) is 0 Å². The molecule has 1 aliphatic rings. The number of hydrogen-bond acceptors (Lipinski definition) is 7. The van der Waals surface area contributed by atoms with Gasteiger partial charge < -0.3 is 9.15 Å². The molecule has 1 aliphatic heterocycles. The molecule has 32 heavy (non-hydrogen) atoms. The first-order valence-corrected chi connectivity index (χ1v) is 13.0. The smallest absolute Gasteiger partial charge is 0.338 e. The molecule has 0 aliphatic carbocycles. The van der Waals surface area contributed by atoms with Gasteiger partial charge in [0.25, 0.3) is 5.56 Å². The van der Waals surface area contributed by atoms with E-state index in [9.17, 15) is 9.59 Å². The van der Waals surface area contributed by atoms with Gasteiger partial charge in [0.15, 0.2) is 8.57 Å². The van der Waals surface area contributed by atoms with Crippen LogP contribution in [0, 0.1) is 3.77 Å². The lowest BCUT2D eigenvalue weighted by molar-refractivity contribution is -0.143. The Bertz CT molecular complexity index is 1380. The number of furan rings is 1. The van der Waals surface area contributed by atoms with E-state index in [1.54, 1.807) is 43.2 Å². The number of thioether (sulfide) groups is 1. The molecule has 1 aromatic carbocycles. The number of benzene rings is 1. The Morgan fingerprint density at radius 2 is 2.00 bits per heavy atom. The molecule has 0 spiro atoms. The van der Waals surface area contributed by atoms with Gasteiger partial charge in [0, 0.05) is 11.0 Å². The molecule has 0 saturated carbocycles. The van der Waals surface area contributed by atoms with Gasteiger partial charge in [0.1, 0.15) is 5.76 Å². The van der Waals surface area contributed by atoms with E-state index in [1.165, 1.54) is 11.3 Å². The number of ether oxygens (including phenoxy) is 1. The summed E-state index contributed by atoms with van der Waals surface area (Å²) in [4.78, 5) is 32.8. The van der Waals surface area contributed by atoms with Gasteiger partial charge >= 0.3 is 5.97 Å². The summed E-state index contributed by atoms with van der Waals surface area (Å²) in [6.07, 6.45) is 3.43. The lowest BCUT2D eigenvalue weighted by atomic mass is 9.96. The van der Waals surface area contributed by atoms with Crippen molar-refractivity contribution in [3.8, 4) is 0 Å². The Balaban J connectivity index is 1.93. The van der Waals surface area contributed by atoms with E-state index in [4.69, 9.17) is 9.15 Å². The Morgan fingerprint density at radius 1 is 1.28 bits per heavy atom. The van der Waals surface area contributed by atoms with Crippen molar-refractivity contribution < 1.29 is 13.9 Å². The summed E-state index contributed by atoms with van der Waals surface area (Å²) in [7, 11) is 0. The van der Waals surface area contributed by atoms with Crippen LogP contribution >= 0.6 is 45.7 Å². The normalized spacial score (nSPS) is 16.3. The van der Waals surface area contributed by atoms with Gasteiger partial charge in [0.2, 0.25) is 0 Å². The minimum absolute atomic E-state index is 0.221. The Kier molecular flexibility index (Phi) is 6.78. The van der Waals surface area contributed by atoms with Crippen molar-refractivity contribution in [3.63, 3.8) is 0 Å². The average molecular weight is 580 g/mol.